The lowest BCUT2D eigenvalue weighted by Gasteiger charge is -2.21. The van der Waals surface area contributed by atoms with Crippen molar-refractivity contribution in [2.75, 3.05) is 18.2 Å². The molecule has 1 fully saturated rings. The first kappa shape index (κ1) is 14.0. The Bertz CT molecular complexity index is 421. The molecular formula is C15H24N2O2. The summed E-state index contributed by atoms with van der Waals surface area (Å²) in [5, 5.41) is 3.51. The number of nitrogens with one attached hydrogen (secondary N) is 1. The molecule has 0 aromatic heterocycles. The summed E-state index contributed by atoms with van der Waals surface area (Å²) in [6.45, 7) is 4.02. The van der Waals surface area contributed by atoms with Gasteiger partial charge < -0.3 is 20.5 Å². The number of anilines is 2. The van der Waals surface area contributed by atoms with Gasteiger partial charge in [0.2, 0.25) is 0 Å². The first-order chi connectivity index (χ1) is 9.08. The fraction of sp³-hybridized carbons (Fsp3) is 0.600. The van der Waals surface area contributed by atoms with Crippen LogP contribution in [0.1, 0.15) is 33.1 Å². The standard InChI is InChI=1S/C15H24N2O2/c1-10(2)19-13-8-11(16)7-12(9-13)17-14-5-4-6-15(14)18-3/h7-10,14-15,17H,4-6,16H2,1-3H3. The third kappa shape index (κ3) is 3.77. The summed E-state index contributed by atoms with van der Waals surface area (Å²) >= 11 is 0. The molecule has 2 unspecified atom stereocenters. The van der Waals surface area contributed by atoms with Gasteiger partial charge in [-0.1, -0.05) is 0 Å². The van der Waals surface area contributed by atoms with Gasteiger partial charge in [0.15, 0.2) is 0 Å². The van der Waals surface area contributed by atoms with Gasteiger partial charge in [0.25, 0.3) is 0 Å². The average Bonchev–Trinajstić information content (AvgIpc) is 2.74. The Kier molecular flexibility index (Phi) is 4.53. The van der Waals surface area contributed by atoms with Gasteiger partial charge in [-0.05, 0) is 39.2 Å². The lowest BCUT2D eigenvalue weighted by molar-refractivity contribution is 0.101. The normalized spacial score (nSPS) is 22.7. The quantitative estimate of drug-likeness (QED) is 0.803. The Balaban J connectivity index is 2.09. The van der Waals surface area contributed by atoms with Crippen molar-refractivity contribution in [1.82, 2.24) is 0 Å². The van der Waals surface area contributed by atoms with E-state index < -0.39 is 0 Å². The second-order valence-electron chi connectivity index (χ2n) is 5.41. The topological polar surface area (TPSA) is 56.5 Å². The molecule has 0 amide bonds. The number of methoxy groups -OCH3 is 1. The van der Waals surface area contributed by atoms with E-state index in [1.807, 2.05) is 32.0 Å². The second-order valence-corrected chi connectivity index (χ2v) is 5.41. The predicted molar refractivity (Wildman–Crippen MR) is 78.7 cm³/mol. The Labute approximate surface area is 115 Å². The van der Waals surface area contributed by atoms with Crippen LogP contribution in [0.15, 0.2) is 18.2 Å². The molecule has 1 aliphatic carbocycles. The molecule has 0 heterocycles. The maximum Gasteiger partial charge on any atom is 0.123 e. The fourth-order valence-corrected chi connectivity index (χ4v) is 2.63. The molecule has 2 atom stereocenters. The molecule has 3 N–H and O–H groups in total. The van der Waals surface area contributed by atoms with Crippen molar-refractivity contribution in [3.63, 3.8) is 0 Å². The number of ether oxygens (including phenoxy) is 2. The zero-order chi connectivity index (χ0) is 13.8. The van der Waals surface area contributed by atoms with Crippen LogP contribution in [0.2, 0.25) is 0 Å². The number of hydrogen-bond donors (Lipinski definition) is 2. The van der Waals surface area contributed by atoms with Crippen LogP contribution in [0.25, 0.3) is 0 Å². The molecule has 0 bridgehead atoms. The molecule has 106 valence electrons. The molecule has 2 rings (SSSR count). The summed E-state index contributed by atoms with van der Waals surface area (Å²) in [5.74, 6) is 0.810. The van der Waals surface area contributed by atoms with Crippen LogP contribution in [0.5, 0.6) is 5.75 Å². The molecule has 1 saturated carbocycles. The molecule has 0 aliphatic heterocycles. The minimum Gasteiger partial charge on any atom is -0.491 e. The third-order valence-corrected chi connectivity index (χ3v) is 3.41. The Morgan fingerprint density at radius 3 is 2.74 bits per heavy atom. The summed E-state index contributed by atoms with van der Waals surface area (Å²) in [5.41, 5.74) is 7.64. The summed E-state index contributed by atoms with van der Waals surface area (Å²) in [6.07, 6.45) is 3.89. The molecule has 19 heavy (non-hydrogen) atoms. The zero-order valence-electron chi connectivity index (χ0n) is 12.0. The van der Waals surface area contributed by atoms with Crippen molar-refractivity contribution in [2.45, 2.75) is 51.4 Å². The van der Waals surface area contributed by atoms with Crippen molar-refractivity contribution >= 4 is 11.4 Å². The van der Waals surface area contributed by atoms with Gasteiger partial charge >= 0.3 is 0 Å². The minimum atomic E-state index is 0.146. The average molecular weight is 264 g/mol. The Morgan fingerprint density at radius 2 is 2.05 bits per heavy atom. The predicted octanol–water partition coefficient (Wildman–Crippen LogP) is 3.04. The molecule has 0 saturated heterocycles. The van der Waals surface area contributed by atoms with Crippen LogP contribution >= 0.6 is 0 Å². The van der Waals surface area contributed by atoms with Crippen molar-refractivity contribution in [3.05, 3.63) is 18.2 Å². The van der Waals surface area contributed by atoms with E-state index in [0.29, 0.717) is 11.7 Å². The van der Waals surface area contributed by atoms with Crippen molar-refractivity contribution < 1.29 is 9.47 Å². The van der Waals surface area contributed by atoms with Gasteiger partial charge in [-0.25, -0.2) is 0 Å². The van der Waals surface area contributed by atoms with E-state index in [2.05, 4.69) is 5.32 Å². The summed E-state index contributed by atoms with van der Waals surface area (Å²) < 4.78 is 11.2. The second kappa shape index (κ2) is 6.15. The van der Waals surface area contributed by atoms with E-state index in [9.17, 15) is 0 Å². The van der Waals surface area contributed by atoms with Gasteiger partial charge in [-0.3, -0.25) is 0 Å². The van der Waals surface area contributed by atoms with Gasteiger partial charge in [0.1, 0.15) is 5.75 Å². The Hall–Kier alpha value is -1.42. The van der Waals surface area contributed by atoms with E-state index in [4.69, 9.17) is 15.2 Å². The van der Waals surface area contributed by atoms with E-state index >= 15 is 0 Å². The van der Waals surface area contributed by atoms with Gasteiger partial charge in [0, 0.05) is 30.6 Å². The molecule has 0 spiro atoms. The number of benzene rings is 1. The Morgan fingerprint density at radius 1 is 1.26 bits per heavy atom. The maximum atomic E-state index is 5.93. The first-order valence-corrected chi connectivity index (χ1v) is 6.95. The van der Waals surface area contributed by atoms with Crippen LogP contribution < -0.4 is 15.8 Å². The van der Waals surface area contributed by atoms with E-state index in [-0.39, 0.29) is 12.2 Å². The highest BCUT2D eigenvalue weighted by atomic mass is 16.5. The van der Waals surface area contributed by atoms with Crippen LogP contribution in [-0.4, -0.2) is 25.4 Å². The number of rotatable bonds is 5. The van der Waals surface area contributed by atoms with Crippen LogP contribution in [0.4, 0.5) is 11.4 Å². The molecular weight excluding hydrogens is 240 g/mol. The minimum absolute atomic E-state index is 0.146. The number of nitrogen functional groups attached to an aromatic ring is 1. The molecule has 1 aliphatic rings. The van der Waals surface area contributed by atoms with Crippen molar-refractivity contribution in [3.8, 4) is 5.75 Å². The smallest absolute Gasteiger partial charge is 0.123 e. The van der Waals surface area contributed by atoms with Gasteiger partial charge in [-0.2, -0.15) is 0 Å². The molecule has 1 aromatic carbocycles. The highest BCUT2D eigenvalue weighted by Gasteiger charge is 2.26. The zero-order valence-corrected chi connectivity index (χ0v) is 12.0. The summed E-state index contributed by atoms with van der Waals surface area (Å²) in [7, 11) is 1.78. The van der Waals surface area contributed by atoms with Crippen molar-refractivity contribution in [2.24, 2.45) is 0 Å². The summed E-state index contributed by atoms with van der Waals surface area (Å²) in [4.78, 5) is 0. The van der Waals surface area contributed by atoms with Gasteiger partial charge in [0.05, 0.1) is 18.2 Å². The molecule has 4 nitrogen and oxygen atoms in total. The van der Waals surface area contributed by atoms with Crippen LogP contribution in [-0.2, 0) is 4.74 Å². The fourth-order valence-electron chi connectivity index (χ4n) is 2.63. The highest BCUT2D eigenvalue weighted by Crippen LogP contribution is 2.28. The summed E-state index contributed by atoms with van der Waals surface area (Å²) in [6, 6.07) is 6.16. The van der Waals surface area contributed by atoms with Crippen LogP contribution in [0, 0.1) is 0 Å². The van der Waals surface area contributed by atoms with E-state index in [0.717, 1.165) is 24.3 Å². The van der Waals surface area contributed by atoms with E-state index in [1.165, 1.54) is 6.42 Å². The monoisotopic (exact) mass is 264 g/mol. The number of nitrogens with two attached hydrogens (primary N) is 1. The van der Waals surface area contributed by atoms with E-state index in [1.54, 1.807) is 7.11 Å². The third-order valence-electron chi connectivity index (χ3n) is 3.41. The first-order valence-electron chi connectivity index (χ1n) is 6.95. The largest absolute Gasteiger partial charge is 0.491 e. The molecule has 0 radical (unpaired) electrons. The number of hydrogen-bond acceptors (Lipinski definition) is 4. The molecule has 4 heteroatoms. The highest BCUT2D eigenvalue weighted by molar-refractivity contribution is 5.59. The maximum absolute atomic E-state index is 5.93. The molecule has 1 aromatic rings. The van der Waals surface area contributed by atoms with Crippen LogP contribution in [0.3, 0.4) is 0 Å². The SMILES string of the molecule is COC1CCCC1Nc1cc(N)cc(OC(C)C)c1. The lowest BCUT2D eigenvalue weighted by atomic mass is 10.2. The van der Waals surface area contributed by atoms with Crippen molar-refractivity contribution in [1.29, 1.82) is 0 Å². The lowest BCUT2D eigenvalue weighted by Crippen LogP contribution is -2.29. The van der Waals surface area contributed by atoms with Gasteiger partial charge in [-0.15, -0.1) is 0 Å².